The van der Waals surface area contributed by atoms with Gasteiger partial charge < -0.3 is 39.0 Å². The fourth-order valence-corrected chi connectivity index (χ4v) is 8.64. The molecule has 1 saturated heterocycles. The number of aliphatic hydroxyl groups is 2. The summed E-state index contributed by atoms with van der Waals surface area (Å²) in [6.07, 6.45) is 60.5. The van der Waals surface area contributed by atoms with Gasteiger partial charge >= 0.3 is 23.9 Å². The van der Waals surface area contributed by atoms with Gasteiger partial charge in [0.2, 0.25) is 0 Å². The van der Waals surface area contributed by atoms with Crippen molar-refractivity contribution in [3.8, 4) is 0 Å². The highest BCUT2D eigenvalue weighted by molar-refractivity contribution is 5.74. The highest BCUT2D eigenvalue weighted by Crippen LogP contribution is 2.26. The van der Waals surface area contributed by atoms with Gasteiger partial charge in [-0.05, 0) is 122 Å². The van der Waals surface area contributed by atoms with E-state index in [2.05, 4.69) is 130 Å². The first-order chi connectivity index (χ1) is 38.6. The van der Waals surface area contributed by atoms with Gasteiger partial charge in [0.15, 0.2) is 24.6 Å². The second-order valence-electron chi connectivity index (χ2n) is 20.6. The van der Waals surface area contributed by atoms with Crippen molar-refractivity contribution >= 4 is 23.9 Å². The van der Waals surface area contributed by atoms with E-state index in [0.29, 0.717) is 19.3 Å². The van der Waals surface area contributed by atoms with E-state index in [-0.39, 0.29) is 25.9 Å². The molecular formula is C67H108O12. The van der Waals surface area contributed by atoms with Crippen molar-refractivity contribution in [2.24, 2.45) is 0 Å². The van der Waals surface area contributed by atoms with Crippen molar-refractivity contribution in [1.82, 2.24) is 0 Å². The Morgan fingerprint density at radius 1 is 0.430 bits per heavy atom. The van der Waals surface area contributed by atoms with Gasteiger partial charge in [0, 0.05) is 19.3 Å². The molecule has 0 radical (unpaired) electrons. The number of carbonyl (C=O) groups is 4. The number of aliphatic carboxylic acids is 1. The molecule has 0 spiro atoms. The maximum absolute atomic E-state index is 13.1. The van der Waals surface area contributed by atoms with Crippen LogP contribution in [0.25, 0.3) is 0 Å². The maximum Gasteiger partial charge on any atom is 0.335 e. The summed E-state index contributed by atoms with van der Waals surface area (Å²) >= 11 is 0. The predicted molar refractivity (Wildman–Crippen MR) is 321 cm³/mol. The third kappa shape index (κ3) is 43.8. The van der Waals surface area contributed by atoms with Gasteiger partial charge in [0.1, 0.15) is 18.8 Å². The van der Waals surface area contributed by atoms with Gasteiger partial charge in [-0.25, -0.2) is 4.79 Å². The largest absolute Gasteiger partial charge is 0.479 e. The summed E-state index contributed by atoms with van der Waals surface area (Å²) in [6.45, 7) is 5.70. The summed E-state index contributed by atoms with van der Waals surface area (Å²) in [6, 6.07) is 0. The highest BCUT2D eigenvalue weighted by Gasteiger charge is 2.50. The van der Waals surface area contributed by atoms with E-state index in [1.54, 1.807) is 0 Å². The van der Waals surface area contributed by atoms with Crippen LogP contribution in [0.5, 0.6) is 0 Å². The highest BCUT2D eigenvalue weighted by atomic mass is 16.7. The smallest absolute Gasteiger partial charge is 0.335 e. The summed E-state index contributed by atoms with van der Waals surface area (Å²) in [5, 5.41) is 31.5. The molecule has 448 valence electrons. The average Bonchev–Trinajstić information content (AvgIpc) is 3.46. The van der Waals surface area contributed by atoms with E-state index in [9.17, 15) is 34.5 Å². The molecule has 1 rings (SSSR count). The van der Waals surface area contributed by atoms with E-state index >= 15 is 0 Å². The second-order valence-corrected chi connectivity index (χ2v) is 20.6. The summed E-state index contributed by atoms with van der Waals surface area (Å²) in [5.41, 5.74) is 0. The summed E-state index contributed by atoms with van der Waals surface area (Å²) in [7, 11) is 0. The van der Waals surface area contributed by atoms with Crippen LogP contribution >= 0.6 is 0 Å². The number of hydrogen-bond acceptors (Lipinski definition) is 11. The molecule has 79 heavy (non-hydrogen) atoms. The van der Waals surface area contributed by atoms with Gasteiger partial charge in [0.05, 0.1) is 6.61 Å². The van der Waals surface area contributed by atoms with Crippen molar-refractivity contribution in [2.45, 2.75) is 276 Å². The van der Waals surface area contributed by atoms with Crippen molar-refractivity contribution < 1.29 is 58.2 Å². The fourth-order valence-electron chi connectivity index (χ4n) is 8.64. The predicted octanol–water partition coefficient (Wildman–Crippen LogP) is 16.2. The van der Waals surface area contributed by atoms with Crippen LogP contribution in [0.2, 0.25) is 0 Å². The quantitative estimate of drug-likeness (QED) is 0.0228. The van der Waals surface area contributed by atoms with Gasteiger partial charge in [-0.15, -0.1) is 0 Å². The molecule has 1 aliphatic heterocycles. The number of aliphatic hydroxyl groups excluding tert-OH is 2. The summed E-state index contributed by atoms with van der Waals surface area (Å²) < 4.78 is 28.4. The van der Waals surface area contributed by atoms with E-state index in [1.807, 2.05) is 0 Å². The minimum Gasteiger partial charge on any atom is -0.479 e. The van der Waals surface area contributed by atoms with E-state index in [4.69, 9.17) is 23.7 Å². The van der Waals surface area contributed by atoms with Crippen LogP contribution in [0.3, 0.4) is 0 Å². The number of rotatable bonds is 51. The van der Waals surface area contributed by atoms with Gasteiger partial charge in [0.25, 0.3) is 0 Å². The van der Waals surface area contributed by atoms with E-state index in [1.165, 1.54) is 57.8 Å². The SMILES string of the molecule is CC/C=C\C/C=C\C/C=C\C/C=C\CCCCCCC(=O)OC1C(OCC(COC(=O)CCCCCCCCCCC/C=C\C/C=C\CCCCC)OC(=O)CCCCC/C=C\C/C=C\C/C=C\CC)OC(C(=O)O)C(O)C1O. The van der Waals surface area contributed by atoms with Crippen molar-refractivity contribution in [3.63, 3.8) is 0 Å². The van der Waals surface area contributed by atoms with Gasteiger partial charge in [-0.1, -0.05) is 207 Å². The van der Waals surface area contributed by atoms with Crippen LogP contribution < -0.4 is 0 Å². The van der Waals surface area contributed by atoms with Crippen LogP contribution in [0.15, 0.2) is 109 Å². The van der Waals surface area contributed by atoms with Gasteiger partial charge in [-0.3, -0.25) is 14.4 Å². The number of carboxylic acid groups (broad SMARTS) is 1. The molecule has 0 aromatic carbocycles. The monoisotopic (exact) mass is 1100 g/mol. The first kappa shape index (κ1) is 72.4. The van der Waals surface area contributed by atoms with Crippen molar-refractivity contribution in [1.29, 1.82) is 0 Å². The number of allylic oxidation sites excluding steroid dienone is 18. The number of ether oxygens (including phenoxy) is 5. The topological polar surface area (TPSA) is 175 Å². The molecule has 0 aromatic rings. The van der Waals surface area contributed by atoms with Gasteiger partial charge in [-0.2, -0.15) is 0 Å². The molecule has 6 atom stereocenters. The second kappa shape index (κ2) is 54.0. The molecule has 0 aromatic heterocycles. The third-order valence-electron chi connectivity index (χ3n) is 13.3. The summed E-state index contributed by atoms with van der Waals surface area (Å²) in [4.78, 5) is 51.2. The van der Waals surface area contributed by atoms with Crippen molar-refractivity contribution in [2.75, 3.05) is 13.2 Å². The molecule has 1 fully saturated rings. The Morgan fingerprint density at radius 2 is 0.797 bits per heavy atom. The van der Waals surface area contributed by atoms with Crippen molar-refractivity contribution in [3.05, 3.63) is 109 Å². The Balaban J connectivity index is 2.69. The molecule has 0 amide bonds. The standard InChI is InChI=1S/C67H108O12/c1-4-7-10-13-16-19-22-25-27-29-30-32-33-36-38-41-44-47-50-53-59(68)75-56-58(77-60(69)54-51-48-45-42-39-35-24-21-18-15-12-9-6-3)57-76-67-65(63(72)62(71)64(79-67)66(73)74)78-61(70)55-52-49-46-43-40-37-34-31-28-26-23-20-17-14-11-8-5-2/h8-9,11-12,16-21,25-28,34-35,37,39,58,62-65,67,71-72H,4-7,10,13-15,22-24,29-33,36,38,40-57H2,1-3H3,(H,73,74)/b11-8-,12-9-,19-16-,20-17-,21-18-,27-25-,28-26-,37-34-,39-35-. The molecule has 3 N–H and O–H groups in total. The molecule has 0 aliphatic carbocycles. The first-order valence-corrected chi connectivity index (χ1v) is 30.9. The molecule has 6 unspecified atom stereocenters. The Bertz CT molecular complexity index is 1790. The Morgan fingerprint density at radius 3 is 1.23 bits per heavy atom. The average molecular weight is 1110 g/mol. The molecule has 1 aliphatic rings. The zero-order chi connectivity index (χ0) is 57.5. The van der Waals surface area contributed by atoms with Crippen LogP contribution in [0.4, 0.5) is 0 Å². The Hall–Kier alpha value is -4.62. The molecule has 0 bridgehead atoms. The number of unbranched alkanes of at least 4 members (excludes halogenated alkanes) is 19. The van der Waals surface area contributed by atoms with E-state index in [0.717, 1.165) is 122 Å². The normalized spacial score (nSPS) is 18.6. The number of carbonyl (C=O) groups excluding carboxylic acids is 3. The fraction of sp³-hybridized carbons (Fsp3) is 0.672. The van der Waals surface area contributed by atoms with Crippen LogP contribution in [-0.4, -0.2) is 89.2 Å². The first-order valence-electron chi connectivity index (χ1n) is 30.9. The summed E-state index contributed by atoms with van der Waals surface area (Å²) in [5.74, 6) is -3.21. The Kier molecular flexibility index (Phi) is 49.5. The molecule has 1 heterocycles. The number of carboxylic acids is 1. The lowest BCUT2D eigenvalue weighted by molar-refractivity contribution is -0.301. The van der Waals surface area contributed by atoms with E-state index < -0.39 is 67.3 Å². The molecular weight excluding hydrogens is 997 g/mol. The maximum atomic E-state index is 13.1. The number of hydrogen-bond donors (Lipinski definition) is 3. The zero-order valence-corrected chi connectivity index (χ0v) is 49.3. The minimum absolute atomic E-state index is 0.0234. The van der Waals surface area contributed by atoms with Crippen LogP contribution in [0.1, 0.15) is 239 Å². The lowest BCUT2D eigenvalue weighted by Crippen LogP contribution is -2.61. The molecule has 12 nitrogen and oxygen atoms in total. The lowest BCUT2D eigenvalue weighted by Gasteiger charge is -2.40. The van der Waals surface area contributed by atoms with Crippen LogP contribution in [0, 0.1) is 0 Å². The Labute approximate surface area is 478 Å². The minimum atomic E-state index is -1.92. The molecule has 12 heteroatoms. The zero-order valence-electron chi connectivity index (χ0n) is 49.3. The van der Waals surface area contributed by atoms with Crippen LogP contribution in [-0.2, 0) is 42.9 Å². The molecule has 0 saturated carbocycles. The number of esters is 3. The third-order valence-corrected chi connectivity index (χ3v) is 13.3. The lowest BCUT2D eigenvalue weighted by atomic mass is 9.98.